The maximum absolute atomic E-state index is 12.4. The lowest BCUT2D eigenvalue weighted by Crippen LogP contribution is -2.45. The smallest absolute Gasteiger partial charge is 0.267 e. The van der Waals surface area contributed by atoms with Crippen molar-refractivity contribution in [2.75, 3.05) is 11.4 Å². The summed E-state index contributed by atoms with van der Waals surface area (Å²) < 4.78 is 6.72. The van der Waals surface area contributed by atoms with E-state index in [0.717, 1.165) is 15.2 Å². The summed E-state index contributed by atoms with van der Waals surface area (Å²) in [5.74, 6) is 0.422. The predicted octanol–water partition coefficient (Wildman–Crippen LogP) is 3.12. The van der Waals surface area contributed by atoms with Gasteiger partial charge in [-0.15, -0.1) is 11.3 Å². The van der Waals surface area contributed by atoms with Crippen LogP contribution in [0.25, 0.3) is 10.2 Å². The molecule has 7 heteroatoms. The van der Waals surface area contributed by atoms with Crippen LogP contribution in [-0.2, 0) is 16.1 Å². The Kier molecular flexibility index (Phi) is 4.77. The van der Waals surface area contributed by atoms with E-state index in [4.69, 9.17) is 4.74 Å². The lowest BCUT2D eigenvalue weighted by Gasteiger charge is -2.32. The molecule has 27 heavy (non-hydrogen) atoms. The Morgan fingerprint density at radius 3 is 2.85 bits per heavy atom. The van der Waals surface area contributed by atoms with Gasteiger partial charge in [-0.2, -0.15) is 0 Å². The number of nitrogens with one attached hydrogen (secondary N) is 1. The van der Waals surface area contributed by atoms with Crippen LogP contribution in [0.5, 0.6) is 5.75 Å². The lowest BCUT2D eigenvalue weighted by molar-refractivity contribution is -0.125. The van der Waals surface area contributed by atoms with Gasteiger partial charge in [-0.25, -0.2) is 4.98 Å². The minimum absolute atomic E-state index is 0.112. The molecule has 1 N–H and O–H groups in total. The number of carbonyl (C=O) groups is 2. The third-order valence-electron chi connectivity index (χ3n) is 4.41. The third kappa shape index (κ3) is 3.64. The van der Waals surface area contributed by atoms with E-state index < -0.39 is 6.10 Å². The number of nitrogens with zero attached hydrogens (tertiary/aromatic N) is 2. The average molecular weight is 381 g/mol. The first-order chi connectivity index (χ1) is 13.1. The summed E-state index contributed by atoms with van der Waals surface area (Å²) in [5.41, 5.74) is 1.65. The number of hydrogen-bond donors (Lipinski definition) is 1. The molecule has 0 radical (unpaired) electrons. The normalized spacial score (nSPS) is 16.1. The van der Waals surface area contributed by atoms with E-state index in [-0.39, 0.29) is 18.2 Å². The van der Waals surface area contributed by atoms with Gasteiger partial charge in [0.2, 0.25) is 5.91 Å². The Hall–Kier alpha value is -2.93. The second-order valence-corrected chi connectivity index (χ2v) is 7.43. The van der Waals surface area contributed by atoms with Crippen molar-refractivity contribution in [1.29, 1.82) is 0 Å². The van der Waals surface area contributed by atoms with Crippen LogP contribution >= 0.6 is 11.3 Å². The minimum Gasteiger partial charge on any atom is -0.479 e. The molecule has 2 heterocycles. The molecule has 138 valence electrons. The number of hydrogen-bond acceptors (Lipinski definition) is 5. The molecule has 1 aromatic heterocycles. The van der Waals surface area contributed by atoms with E-state index in [2.05, 4.69) is 10.3 Å². The van der Waals surface area contributed by atoms with E-state index in [1.54, 1.807) is 23.2 Å². The van der Waals surface area contributed by atoms with E-state index in [9.17, 15) is 9.59 Å². The summed E-state index contributed by atoms with van der Waals surface area (Å²) in [6.45, 7) is 2.43. The number of amides is 2. The van der Waals surface area contributed by atoms with E-state index in [1.165, 1.54) is 0 Å². The number of para-hydroxylation sites is 3. The fourth-order valence-corrected chi connectivity index (χ4v) is 3.97. The first-order valence-corrected chi connectivity index (χ1v) is 9.61. The van der Waals surface area contributed by atoms with Gasteiger partial charge in [0.25, 0.3) is 5.91 Å². The summed E-state index contributed by atoms with van der Waals surface area (Å²) in [6.07, 6.45) is -0.330. The highest BCUT2D eigenvalue weighted by molar-refractivity contribution is 7.18. The highest BCUT2D eigenvalue weighted by Gasteiger charge is 2.31. The molecule has 2 aromatic carbocycles. The molecule has 0 bridgehead atoms. The van der Waals surface area contributed by atoms with Crippen molar-refractivity contribution in [2.24, 2.45) is 0 Å². The van der Waals surface area contributed by atoms with Crippen molar-refractivity contribution in [3.8, 4) is 5.75 Å². The fraction of sp³-hybridized carbons (Fsp3) is 0.250. The molecule has 0 saturated heterocycles. The van der Waals surface area contributed by atoms with Crippen LogP contribution in [0.2, 0.25) is 0 Å². The first kappa shape index (κ1) is 17.5. The number of ether oxygens (including phenoxy) is 1. The van der Waals surface area contributed by atoms with Crippen molar-refractivity contribution < 1.29 is 14.3 Å². The minimum atomic E-state index is -0.550. The van der Waals surface area contributed by atoms with Crippen LogP contribution in [-0.4, -0.2) is 29.4 Å². The quantitative estimate of drug-likeness (QED) is 0.737. The van der Waals surface area contributed by atoms with Crippen LogP contribution in [0.4, 0.5) is 5.69 Å². The predicted molar refractivity (Wildman–Crippen MR) is 105 cm³/mol. The van der Waals surface area contributed by atoms with Gasteiger partial charge in [-0.3, -0.25) is 9.59 Å². The van der Waals surface area contributed by atoms with Gasteiger partial charge in [0.05, 0.1) is 22.4 Å². The van der Waals surface area contributed by atoms with Gasteiger partial charge in [-0.05, 0) is 31.2 Å². The molecule has 4 rings (SSSR count). The van der Waals surface area contributed by atoms with Gasteiger partial charge in [0.1, 0.15) is 10.8 Å². The molecule has 3 aromatic rings. The van der Waals surface area contributed by atoms with Crippen molar-refractivity contribution in [3.05, 3.63) is 53.5 Å². The SMILES string of the molecule is C[C@H]1Oc2ccccc2N(CCC(=O)NCc2nc3ccccc3s2)C1=O. The zero-order chi connectivity index (χ0) is 18.8. The number of anilines is 1. The Balaban J connectivity index is 1.37. The largest absolute Gasteiger partial charge is 0.479 e. The van der Waals surface area contributed by atoms with Crippen molar-refractivity contribution in [3.63, 3.8) is 0 Å². The lowest BCUT2D eigenvalue weighted by atomic mass is 10.1. The molecular weight excluding hydrogens is 362 g/mol. The summed E-state index contributed by atoms with van der Waals surface area (Å²) in [7, 11) is 0. The Morgan fingerprint density at radius 1 is 1.22 bits per heavy atom. The van der Waals surface area contributed by atoms with Crippen LogP contribution in [0, 0.1) is 0 Å². The third-order valence-corrected chi connectivity index (χ3v) is 5.45. The standard InChI is InChI=1S/C20H19N3O3S/c1-13-20(25)23(15-7-3-4-8-16(15)26-13)11-10-18(24)21-12-19-22-14-6-2-5-9-17(14)27-19/h2-9,13H,10-12H2,1H3,(H,21,24)/t13-/m1/s1. The van der Waals surface area contributed by atoms with Gasteiger partial charge in [0.15, 0.2) is 6.10 Å². The molecular formula is C20H19N3O3S. The maximum atomic E-state index is 12.4. The van der Waals surface area contributed by atoms with Gasteiger partial charge in [0, 0.05) is 13.0 Å². The van der Waals surface area contributed by atoms with Crippen LogP contribution in [0.1, 0.15) is 18.4 Å². The van der Waals surface area contributed by atoms with E-state index >= 15 is 0 Å². The summed E-state index contributed by atoms with van der Waals surface area (Å²) >= 11 is 1.57. The molecule has 1 aliphatic rings. The van der Waals surface area contributed by atoms with Crippen molar-refractivity contribution in [1.82, 2.24) is 10.3 Å². The summed E-state index contributed by atoms with van der Waals surface area (Å²) in [4.78, 5) is 30.8. The zero-order valence-corrected chi connectivity index (χ0v) is 15.7. The Bertz CT molecular complexity index is 968. The molecule has 1 aliphatic heterocycles. The van der Waals surface area contributed by atoms with E-state index in [0.29, 0.717) is 24.5 Å². The number of thiazole rings is 1. The van der Waals surface area contributed by atoms with Gasteiger partial charge >= 0.3 is 0 Å². The number of aromatic nitrogens is 1. The van der Waals surface area contributed by atoms with Gasteiger partial charge in [-0.1, -0.05) is 24.3 Å². The van der Waals surface area contributed by atoms with Gasteiger partial charge < -0.3 is 15.0 Å². The monoisotopic (exact) mass is 381 g/mol. The maximum Gasteiger partial charge on any atom is 0.267 e. The number of rotatable bonds is 5. The second-order valence-electron chi connectivity index (χ2n) is 6.32. The van der Waals surface area contributed by atoms with E-state index in [1.807, 2.05) is 48.5 Å². The van der Waals surface area contributed by atoms with Crippen molar-refractivity contribution >= 4 is 39.1 Å². The number of fused-ring (bicyclic) bond motifs is 2. The molecule has 0 fully saturated rings. The van der Waals surface area contributed by atoms with Crippen molar-refractivity contribution in [2.45, 2.75) is 26.0 Å². The highest BCUT2D eigenvalue weighted by Crippen LogP contribution is 2.33. The molecule has 2 amide bonds. The summed E-state index contributed by atoms with van der Waals surface area (Å²) in [5, 5.41) is 3.76. The second kappa shape index (κ2) is 7.36. The topological polar surface area (TPSA) is 71.5 Å². The number of benzene rings is 2. The highest BCUT2D eigenvalue weighted by atomic mass is 32.1. The fourth-order valence-electron chi connectivity index (χ4n) is 3.06. The number of carbonyl (C=O) groups excluding carboxylic acids is 2. The Morgan fingerprint density at radius 2 is 2.00 bits per heavy atom. The first-order valence-electron chi connectivity index (χ1n) is 8.80. The summed E-state index contributed by atoms with van der Waals surface area (Å²) in [6, 6.07) is 15.3. The van der Waals surface area contributed by atoms with Crippen LogP contribution in [0.3, 0.4) is 0 Å². The zero-order valence-electron chi connectivity index (χ0n) is 14.8. The molecule has 1 atom stereocenters. The van der Waals surface area contributed by atoms with Crippen LogP contribution in [0.15, 0.2) is 48.5 Å². The molecule has 0 unspecified atom stereocenters. The molecule has 0 spiro atoms. The van der Waals surface area contributed by atoms with Crippen LogP contribution < -0.4 is 15.0 Å². The molecule has 0 saturated carbocycles. The Labute approximate surface area is 160 Å². The average Bonchev–Trinajstić information content (AvgIpc) is 3.10. The molecule has 0 aliphatic carbocycles. The molecule has 6 nitrogen and oxygen atoms in total.